The maximum atomic E-state index is 10.1. The third-order valence-electron chi connectivity index (χ3n) is 4.37. The van der Waals surface area contributed by atoms with Gasteiger partial charge in [-0.05, 0) is 31.9 Å². The molecule has 2 atom stereocenters. The van der Waals surface area contributed by atoms with Crippen LogP contribution < -0.4 is 10.1 Å². The molecule has 1 fully saturated rings. The number of aromatic hydroxyl groups is 1. The van der Waals surface area contributed by atoms with Crippen molar-refractivity contribution in [2.45, 2.75) is 44.8 Å². The van der Waals surface area contributed by atoms with Crippen LogP contribution in [0.15, 0.2) is 18.2 Å². The lowest BCUT2D eigenvalue weighted by molar-refractivity contribution is 0.116. The summed E-state index contributed by atoms with van der Waals surface area (Å²) in [6.45, 7) is 1.82. The fourth-order valence-corrected chi connectivity index (χ4v) is 3.00. The van der Waals surface area contributed by atoms with E-state index in [1.54, 1.807) is 19.2 Å². The summed E-state index contributed by atoms with van der Waals surface area (Å²) in [5.74, 6) is 1.03. The summed E-state index contributed by atoms with van der Waals surface area (Å²) in [4.78, 5) is 4.42. The fraction of sp³-hybridized carbons (Fsp3) is 0.471. The van der Waals surface area contributed by atoms with Gasteiger partial charge in [0, 0.05) is 11.6 Å². The molecule has 0 amide bonds. The van der Waals surface area contributed by atoms with Crippen LogP contribution in [0.5, 0.6) is 11.5 Å². The van der Waals surface area contributed by atoms with Crippen molar-refractivity contribution in [1.82, 2.24) is 15.2 Å². The second-order valence-corrected chi connectivity index (χ2v) is 6.06. The van der Waals surface area contributed by atoms with Gasteiger partial charge in [0.2, 0.25) is 5.95 Å². The summed E-state index contributed by atoms with van der Waals surface area (Å²) < 4.78 is 5.08. The second-order valence-electron chi connectivity index (χ2n) is 6.06. The first-order valence-electron chi connectivity index (χ1n) is 8.12. The molecule has 0 bridgehead atoms. The number of aliphatic hydroxyl groups is 1. The van der Waals surface area contributed by atoms with Gasteiger partial charge in [0.15, 0.2) is 0 Å². The topological polar surface area (TPSA) is 100 Å². The van der Waals surface area contributed by atoms with Crippen molar-refractivity contribution in [3.8, 4) is 22.8 Å². The average Bonchev–Trinajstić information content (AvgIpc) is 2.57. The van der Waals surface area contributed by atoms with Crippen molar-refractivity contribution >= 4 is 18.4 Å². The number of anilines is 1. The van der Waals surface area contributed by atoms with E-state index in [2.05, 4.69) is 20.5 Å². The van der Waals surface area contributed by atoms with Crippen LogP contribution >= 0.6 is 12.4 Å². The van der Waals surface area contributed by atoms with Crippen LogP contribution in [-0.2, 0) is 0 Å². The molecule has 1 aliphatic rings. The Bertz CT molecular complexity index is 729. The summed E-state index contributed by atoms with van der Waals surface area (Å²) in [5, 5.41) is 31.6. The minimum Gasteiger partial charge on any atom is -0.507 e. The Morgan fingerprint density at radius 3 is 2.60 bits per heavy atom. The number of aliphatic hydroxyl groups excluding tert-OH is 1. The maximum Gasteiger partial charge on any atom is 0.243 e. The molecule has 0 spiro atoms. The highest BCUT2D eigenvalue weighted by Gasteiger charge is 2.24. The van der Waals surface area contributed by atoms with E-state index in [9.17, 15) is 10.2 Å². The zero-order valence-corrected chi connectivity index (χ0v) is 15.1. The van der Waals surface area contributed by atoms with E-state index in [4.69, 9.17) is 4.74 Å². The largest absolute Gasteiger partial charge is 0.507 e. The Labute approximate surface area is 152 Å². The lowest BCUT2D eigenvalue weighted by Crippen LogP contribution is -2.37. The smallest absolute Gasteiger partial charge is 0.243 e. The van der Waals surface area contributed by atoms with E-state index in [0.29, 0.717) is 28.6 Å². The molecule has 3 N–H and O–H groups in total. The van der Waals surface area contributed by atoms with Crippen LogP contribution in [0.4, 0.5) is 5.95 Å². The number of benzene rings is 1. The zero-order valence-electron chi connectivity index (χ0n) is 14.3. The van der Waals surface area contributed by atoms with Crippen molar-refractivity contribution in [1.29, 1.82) is 0 Å². The molecule has 0 unspecified atom stereocenters. The van der Waals surface area contributed by atoms with Gasteiger partial charge in [-0.25, -0.2) is 4.98 Å². The number of nitrogens with zero attached hydrogens (tertiary/aromatic N) is 3. The normalized spacial score (nSPS) is 19.8. The molecular weight excluding hydrogens is 344 g/mol. The quantitative estimate of drug-likeness (QED) is 0.764. The maximum absolute atomic E-state index is 10.1. The van der Waals surface area contributed by atoms with E-state index in [1.165, 1.54) is 6.07 Å². The number of ether oxygens (including phenoxy) is 1. The van der Waals surface area contributed by atoms with Gasteiger partial charge in [0.1, 0.15) is 17.2 Å². The van der Waals surface area contributed by atoms with Crippen LogP contribution in [0, 0.1) is 6.92 Å². The van der Waals surface area contributed by atoms with E-state index in [-0.39, 0.29) is 30.3 Å². The zero-order chi connectivity index (χ0) is 17.1. The molecule has 1 heterocycles. The first kappa shape index (κ1) is 19.2. The van der Waals surface area contributed by atoms with Crippen molar-refractivity contribution in [2.24, 2.45) is 0 Å². The van der Waals surface area contributed by atoms with Gasteiger partial charge in [-0.15, -0.1) is 22.6 Å². The van der Waals surface area contributed by atoms with Gasteiger partial charge in [-0.1, -0.05) is 12.8 Å². The lowest BCUT2D eigenvalue weighted by Gasteiger charge is -2.28. The van der Waals surface area contributed by atoms with Gasteiger partial charge in [0.05, 0.1) is 24.9 Å². The van der Waals surface area contributed by atoms with Crippen LogP contribution in [0.2, 0.25) is 0 Å². The molecule has 25 heavy (non-hydrogen) atoms. The Kier molecular flexibility index (Phi) is 6.39. The highest BCUT2D eigenvalue weighted by atomic mass is 35.5. The number of aromatic nitrogens is 3. The fourth-order valence-electron chi connectivity index (χ4n) is 3.00. The predicted octanol–water partition coefficient (Wildman–Crippen LogP) is 2.70. The molecule has 0 aliphatic heterocycles. The van der Waals surface area contributed by atoms with E-state index >= 15 is 0 Å². The van der Waals surface area contributed by atoms with Gasteiger partial charge in [-0.3, -0.25) is 0 Å². The third-order valence-corrected chi connectivity index (χ3v) is 4.37. The number of hydrogen-bond acceptors (Lipinski definition) is 7. The van der Waals surface area contributed by atoms with Crippen LogP contribution in [-0.4, -0.2) is 44.7 Å². The van der Waals surface area contributed by atoms with Crippen molar-refractivity contribution in [2.75, 3.05) is 12.4 Å². The average molecular weight is 367 g/mol. The summed E-state index contributed by atoms with van der Waals surface area (Å²) in [6, 6.07) is 4.97. The molecule has 0 saturated heterocycles. The van der Waals surface area contributed by atoms with Crippen molar-refractivity contribution in [3.05, 3.63) is 23.9 Å². The Hall–Kier alpha value is -2.12. The number of nitrogens with one attached hydrogen (secondary N) is 1. The first-order valence-corrected chi connectivity index (χ1v) is 8.12. The minimum atomic E-state index is -0.382. The summed E-state index contributed by atoms with van der Waals surface area (Å²) in [5.41, 5.74) is 1.72. The van der Waals surface area contributed by atoms with Gasteiger partial charge < -0.3 is 20.3 Å². The molecular formula is C17H23ClN4O3. The van der Waals surface area contributed by atoms with Gasteiger partial charge in [0.25, 0.3) is 0 Å². The summed E-state index contributed by atoms with van der Waals surface area (Å²) in [7, 11) is 1.54. The minimum absolute atomic E-state index is 0. The van der Waals surface area contributed by atoms with Gasteiger partial charge >= 0.3 is 0 Å². The summed E-state index contributed by atoms with van der Waals surface area (Å²) >= 11 is 0. The molecule has 2 aromatic rings. The van der Waals surface area contributed by atoms with E-state index in [1.807, 2.05) is 6.92 Å². The highest BCUT2D eigenvalue weighted by molar-refractivity contribution is 5.85. The molecule has 0 radical (unpaired) electrons. The summed E-state index contributed by atoms with van der Waals surface area (Å²) in [6.07, 6.45) is 3.44. The third kappa shape index (κ3) is 4.29. The standard InChI is InChI=1S/C17H22N4O3.ClH/c1-10-16(12-8-7-11(24-2)9-15(12)23)20-21-17(18-10)19-13-5-3-4-6-14(13)22;/h7-9,13-14,22-23H,3-6H2,1-2H3,(H,18,19,21);1H/t13-,14-;/m1./s1. The van der Waals surface area contributed by atoms with Crippen LogP contribution in [0.25, 0.3) is 11.3 Å². The second kappa shape index (κ2) is 8.31. The SMILES string of the molecule is COc1ccc(-c2nnc(N[C@@H]3CCCC[C@H]3O)nc2C)c(O)c1.Cl. The number of phenols is 1. The number of aryl methyl sites for hydroxylation is 1. The number of rotatable bonds is 4. The highest BCUT2D eigenvalue weighted by Crippen LogP contribution is 2.32. The van der Waals surface area contributed by atoms with E-state index < -0.39 is 0 Å². The molecule has 1 aliphatic carbocycles. The van der Waals surface area contributed by atoms with Crippen LogP contribution in [0.3, 0.4) is 0 Å². The van der Waals surface area contributed by atoms with Crippen molar-refractivity contribution in [3.63, 3.8) is 0 Å². The monoisotopic (exact) mass is 366 g/mol. The van der Waals surface area contributed by atoms with Crippen LogP contribution in [0.1, 0.15) is 31.4 Å². The molecule has 136 valence electrons. The van der Waals surface area contributed by atoms with Crippen molar-refractivity contribution < 1.29 is 14.9 Å². The number of hydrogen-bond donors (Lipinski definition) is 3. The van der Waals surface area contributed by atoms with Gasteiger partial charge in [-0.2, -0.15) is 0 Å². The molecule has 8 heteroatoms. The first-order chi connectivity index (χ1) is 11.6. The molecule has 1 aromatic carbocycles. The number of halogens is 1. The Morgan fingerprint density at radius 2 is 1.96 bits per heavy atom. The molecule has 1 saturated carbocycles. The number of methoxy groups -OCH3 is 1. The molecule has 3 rings (SSSR count). The lowest BCUT2D eigenvalue weighted by atomic mass is 9.93. The number of phenolic OH excluding ortho intramolecular Hbond substituents is 1. The Balaban J connectivity index is 0.00000225. The predicted molar refractivity (Wildman–Crippen MR) is 97.4 cm³/mol. The molecule has 7 nitrogen and oxygen atoms in total. The van der Waals surface area contributed by atoms with E-state index in [0.717, 1.165) is 25.7 Å². The Morgan fingerprint density at radius 1 is 1.20 bits per heavy atom. The molecule has 1 aromatic heterocycles.